The summed E-state index contributed by atoms with van der Waals surface area (Å²) in [6.07, 6.45) is 3.57. The van der Waals surface area contributed by atoms with Crippen LogP contribution in [0.25, 0.3) is 0 Å². The molecule has 2 N–H and O–H groups in total. The Morgan fingerprint density at radius 1 is 1.22 bits per heavy atom. The van der Waals surface area contributed by atoms with Gasteiger partial charge in [-0.05, 0) is 31.2 Å². The molecule has 0 aliphatic rings. The Morgan fingerprint density at radius 2 is 1.94 bits per heavy atom. The predicted molar refractivity (Wildman–Crippen MR) is 74.0 cm³/mol. The summed E-state index contributed by atoms with van der Waals surface area (Å²) in [5.74, 6) is 0.837. The fraction of sp³-hybridized carbons (Fsp3) is 0.214. The van der Waals surface area contributed by atoms with Gasteiger partial charge >= 0.3 is 0 Å². The molecule has 18 heavy (non-hydrogen) atoms. The number of nitrogens with zero attached hydrogens (tertiary/aromatic N) is 1. The molecule has 0 aliphatic heterocycles. The molecule has 4 heteroatoms. The van der Waals surface area contributed by atoms with Crippen molar-refractivity contribution in [3.8, 4) is 5.75 Å². The number of nitrogens with two attached hydrogens (primary N) is 1. The van der Waals surface area contributed by atoms with E-state index in [1.807, 2.05) is 31.2 Å². The highest BCUT2D eigenvalue weighted by Crippen LogP contribution is 2.37. The van der Waals surface area contributed by atoms with Gasteiger partial charge in [-0.25, -0.2) is 0 Å². The van der Waals surface area contributed by atoms with E-state index >= 15 is 0 Å². The third-order valence-electron chi connectivity index (χ3n) is 2.58. The number of ether oxygens (including phenoxy) is 1. The Morgan fingerprint density at radius 3 is 2.56 bits per heavy atom. The highest BCUT2D eigenvalue weighted by molar-refractivity contribution is 7.99. The minimum absolute atomic E-state index is 0.0644. The molecular formula is C14H16N2OS. The third-order valence-corrected chi connectivity index (χ3v) is 3.66. The molecular weight excluding hydrogens is 244 g/mol. The van der Waals surface area contributed by atoms with Crippen molar-refractivity contribution in [3.63, 3.8) is 0 Å². The topological polar surface area (TPSA) is 48.1 Å². The second kappa shape index (κ2) is 5.89. The Labute approximate surface area is 111 Å². The van der Waals surface area contributed by atoms with Crippen LogP contribution in [0.2, 0.25) is 0 Å². The second-order valence-corrected chi connectivity index (χ2v) is 5.06. The molecule has 2 rings (SSSR count). The molecule has 1 heterocycles. The van der Waals surface area contributed by atoms with E-state index in [1.165, 1.54) is 0 Å². The van der Waals surface area contributed by atoms with E-state index in [9.17, 15) is 0 Å². The Balaban J connectivity index is 2.38. The fourth-order valence-electron chi connectivity index (χ4n) is 1.77. The Kier molecular flexibility index (Phi) is 4.23. The maximum absolute atomic E-state index is 6.04. The van der Waals surface area contributed by atoms with E-state index in [-0.39, 0.29) is 6.04 Å². The lowest BCUT2D eigenvalue weighted by Gasteiger charge is -2.16. The number of methoxy groups -OCH3 is 1. The van der Waals surface area contributed by atoms with Crippen molar-refractivity contribution < 1.29 is 4.74 Å². The molecule has 94 valence electrons. The maximum Gasteiger partial charge on any atom is 0.124 e. The van der Waals surface area contributed by atoms with Crippen molar-refractivity contribution >= 4 is 11.8 Å². The quantitative estimate of drug-likeness (QED) is 0.916. The van der Waals surface area contributed by atoms with Gasteiger partial charge in [0.15, 0.2) is 0 Å². The van der Waals surface area contributed by atoms with Crippen molar-refractivity contribution in [2.24, 2.45) is 5.73 Å². The van der Waals surface area contributed by atoms with Crippen LogP contribution < -0.4 is 10.5 Å². The first-order valence-corrected chi connectivity index (χ1v) is 6.54. The van der Waals surface area contributed by atoms with Crippen LogP contribution in [-0.4, -0.2) is 12.1 Å². The van der Waals surface area contributed by atoms with Crippen LogP contribution in [0.3, 0.4) is 0 Å². The van der Waals surface area contributed by atoms with Crippen molar-refractivity contribution in [2.75, 3.05) is 7.11 Å². The van der Waals surface area contributed by atoms with Gasteiger partial charge in [-0.15, -0.1) is 0 Å². The average molecular weight is 260 g/mol. The summed E-state index contributed by atoms with van der Waals surface area (Å²) in [6.45, 7) is 1.97. The van der Waals surface area contributed by atoms with Crippen molar-refractivity contribution in [2.45, 2.75) is 22.8 Å². The summed E-state index contributed by atoms with van der Waals surface area (Å²) in [5.41, 5.74) is 7.08. The largest absolute Gasteiger partial charge is 0.496 e. The van der Waals surface area contributed by atoms with Gasteiger partial charge in [0.2, 0.25) is 0 Å². The van der Waals surface area contributed by atoms with Crippen LogP contribution in [0.1, 0.15) is 18.5 Å². The molecule has 1 aromatic heterocycles. The number of rotatable bonds is 4. The molecule has 2 aromatic rings. The van der Waals surface area contributed by atoms with Gasteiger partial charge in [0, 0.05) is 33.8 Å². The minimum Gasteiger partial charge on any atom is -0.496 e. The molecule has 0 amide bonds. The summed E-state index contributed by atoms with van der Waals surface area (Å²) < 4.78 is 5.38. The molecule has 0 bridgehead atoms. The first kappa shape index (κ1) is 12.9. The molecule has 0 aliphatic carbocycles. The lowest BCUT2D eigenvalue weighted by atomic mass is 10.1. The van der Waals surface area contributed by atoms with Crippen LogP contribution in [0, 0.1) is 0 Å². The second-order valence-electron chi connectivity index (χ2n) is 3.95. The van der Waals surface area contributed by atoms with Crippen molar-refractivity contribution in [1.82, 2.24) is 4.98 Å². The van der Waals surface area contributed by atoms with Crippen LogP contribution in [0.5, 0.6) is 5.75 Å². The standard InChI is InChI=1S/C14H16N2OS/c1-10(15)14-12(17-2)4-3-5-13(14)18-11-6-8-16-9-7-11/h3-10H,15H2,1-2H3/t10-/m0/s1. The van der Waals surface area contributed by atoms with Gasteiger partial charge in [-0.2, -0.15) is 0 Å². The van der Waals surface area contributed by atoms with Crippen molar-refractivity contribution in [1.29, 1.82) is 0 Å². The molecule has 0 saturated carbocycles. The van der Waals surface area contributed by atoms with Crippen molar-refractivity contribution in [3.05, 3.63) is 48.3 Å². The number of aromatic nitrogens is 1. The van der Waals surface area contributed by atoms with Crippen LogP contribution in [0.15, 0.2) is 52.5 Å². The molecule has 3 nitrogen and oxygen atoms in total. The average Bonchev–Trinajstić information content (AvgIpc) is 2.39. The smallest absolute Gasteiger partial charge is 0.124 e. The zero-order valence-electron chi connectivity index (χ0n) is 10.5. The fourth-order valence-corrected chi connectivity index (χ4v) is 2.83. The lowest BCUT2D eigenvalue weighted by Crippen LogP contribution is -2.08. The summed E-state index contributed by atoms with van der Waals surface area (Å²) >= 11 is 1.67. The van der Waals surface area contributed by atoms with Gasteiger partial charge in [0.25, 0.3) is 0 Å². The highest BCUT2D eigenvalue weighted by atomic mass is 32.2. The Hall–Kier alpha value is -1.52. The monoisotopic (exact) mass is 260 g/mol. The number of benzene rings is 1. The van der Waals surface area contributed by atoms with Crippen LogP contribution >= 0.6 is 11.8 Å². The van der Waals surface area contributed by atoms with Gasteiger partial charge in [0.1, 0.15) is 5.75 Å². The first-order chi connectivity index (χ1) is 8.72. The van der Waals surface area contributed by atoms with Crippen LogP contribution in [0.4, 0.5) is 0 Å². The molecule has 0 radical (unpaired) electrons. The zero-order valence-corrected chi connectivity index (χ0v) is 11.3. The summed E-state index contributed by atoms with van der Waals surface area (Å²) in [6, 6.07) is 9.88. The molecule has 0 saturated heterocycles. The predicted octanol–water partition coefficient (Wildman–Crippen LogP) is 3.26. The number of hydrogen-bond acceptors (Lipinski definition) is 4. The highest BCUT2D eigenvalue weighted by Gasteiger charge is 2.13. The molecule has 1 atom stereocenters. The third kappa shape index (κ3) is 2.83. The number of hydrogen-bond donors (Lipinski definition) is 1. The van der Waals surface area contributed by atoms with E-state index in [0.717, 1.165) is 21.1 Å². The lowest BCUT2D eigenvalue weighted by molar-refractivity contribution is 0.405. The SMILES string of the molecule is COc1cccc(Sc2ccncc2)c1[C@H](C)N. The van der Waals surface area contributed by atoms with Gasteiger partial charge in [0.05, 0.1) is 7.11 Å². The van der Waals surface area contributed by atoms with Gasteiger partial charge in [-0.3, -0.25) is 4.98 Å². The van der Waals surface area contributed by atoms with E-state index in [2.05, 4.69) is 11.1 Å². The van der Waals surface area contributed by atoms with E-state index in [1.54, 1.807) is 31.3 Å². The van der Waals surface area contributed by atoms with Gasteiger partial charge < -0.3 is 10.5 Å². The van der Waals surface area contributed by atoms with Gasteiger partial charge in [-0.1, -0.05) is 17.8 Å². The van der Waals surface area contributed by atoms with E-state index in [0.29, 0.717) is 0 Å². The summed E-state index contributed by atoms with van der Waals surface area (Å²) in [5, 5.41) is 0. The summed E-state index contributed by atoms with van der Waals surface area (Å²) in [7, 11) is 1.67. The van der Waals surface area contributed by atoms with Crippen LogP contribution in [-0.2, 0) is 0 Å². The zero-order chi connectivity index (χ0) is 13.0. The molecule has 1 aromatic carbocycles. The summed E-state index contributed by atoms with van der Waals surface area (Å²) in [4.78, 5) is 6.28. The molecule has 0 unspecified atom stereocenters. The maximum atomic E-state index is 6.04. The minimum atomic E-state index is -0.0644. The van der Waals surface area contributed by atoms with E-state index < -0.39 is 0 Å². The molecule has 0 spiro atoms. The Bertz CT molecular complexity index is 514. The molecule has 0 fully saturated rings. The number of pyridine rings is 1. The first-order valence-electron chi connectivity index (χ1n) is 5.72. The van der Waals surface area contributed by atoms with E-state index in [4.69, 9.17) is 10.5 Å². The normalized spacial score (nSPS) is 12.2.